The van der Waals surface area contributed by atoms with Crippen molar-refractivity contribution in [1.29, 1.82) is 0 Å². The van der Waals surface area contributed by atoms with Gasteiger partial charge in [0.15, 0.2) is 0 Å². The van der Waals surface area contributed by atoms with Gasteiger partial charge in [-0.3, -0.25) is 4.79 Å². The lowest BCUT2D eigenvalue weighted by Gasteiger charge is -2.11. The van der Waals surface area contributed by atoms with E-state index in [9.17, 15) is 4.79 Å². The molecule has 0 aliphatic carbocycles. The second kappa shape index (κ2) is 5.92. The van der Waals surface area contributed by atoms with E-state index in [1.54, 1.807) is 11.8 Å². The van der Waals surface area contributed by atoms with Crippen LogP contribution >= 0.6 is 0 Å². The number of amides is 1. The highest BCUT2D eigenvalue weighted by Crippen LogP contribution is 2.16. The maximum Gasteiger partial charge on any atom is 0.223 e. The van der Waals surface area contributed by atoms with Crippen LogP contribution < -0.4 is 5.73 Å². The molecule has 1 unspecified atom stereocenters. The molecule has 2 N–H and O–H groups in total. The molecule has 1 saturated heterocycles. The van der Waals surface area contributed by atoms with Crippen molar-refractivity contribution in [3.05, 3.63) is 11.4 Å². The van der Waals surface area contributed by atoms with Gasteiger partial charge >= 0.3 is 0 Å². The quantitative estimate of drug-likeness (QED) is 0.747. The standard InChI is InChI=1S/C11H18N4O3/c1-17-7-10-9(5-11(12)16)13-14-15(10)6-8-3-2-4-18-8/h8H,2-7H2,1H3,(H2,12,16). The SMILES string of the molecule is COCc1c(CC(N)=O)nnn1CC1CCCO1. The lowest BCUT2D eigenvalue weighted by Crippen LogP contribution is -2.19. The summed E-state index contributed by atoms with van der Waals surface area (Å²) < 4.78 is 12.4. The first-order chi connectivity index (χ1) is 8.70. The zero-order chi connectivity index (χ0) is 13.0. The average Bonchev–Trinajstić information content (AvgIpc) is 2.93. The Morgan fingerprint density at radius 2 is 2.50 bits per heavy atom. The van der Waals surface area contributed by atoms with Gasteiger partial charge in [0.2, 0.25) is 5.91 Å². The van der Waals surface area contributed by atoms with E-state index >= 15 is 0 Å². The Labute approximate surface area is 105 Å². The van der Waals surface area contributed by atoms with E-state index in [2.05, 4.69) is 10.3 Å². The summed E-state index contributed by atoms with van der Waals surface area (Å²) in [5.41, 5.74) is 6.56. The van der Waals surface area contributed by atoms with Gasteiger partial charge in [-0.15, -0.1) is 5.10 Å². The second-order valence-electron chi connectivity index (χ2n) is 4.38. The largest absolute Gasteiger partial charge is 0.378 e. The first-order valence-corrected chi connectivity index (χ1v) is 6.00. The van der Waals surface area contributed by atoms with E-state index in [4.69, 9.17) is 15.2 Å². The fourth-order valence-corrected chi connectivity index (χ4v) is 2.09. The van der Waals surface area contributed by atoms with E-state index < -0.39 is 5.91 Å². The van der Waals surface area contributed by atoms with Crippen molar-refractivity contribution in [2.24, 2.45) is 5.73 Å². The van der Waals surface area contributed by atoms with Crippen LogP contribution in [0.4, 0.5) is 0 Å². The molecule has 0 radical (unpaired) electrons. The van der Waals surface area contributed by atoms with Gasteiger partial charge in [-0.25, -0.2) is 4.68 Å². The van der Waals surface area contributed by atoms with Gasteiger partial charge in [-0.2, -0.15) is 0 Å². The van der Waals surface area contributed by atoms with E-state index in [1.165, 1.54) is 0 Å². The predicted molar refractivity (Wildman–Crippen MR) is 62.6 cm³/mol. The Bertz CT molecular complexity index is 412. The van der Waals surface area contributed by atoms with Crippen molar-refractivity contribution < 1.29 is 14.3 Å². The van der Waals surface area contributed by atoms with Gasteiger partial charge in [-0.1, -0.05) is 5.21 Å². The molecular weight excluding hydrogens is 236 g/mol. The minimum atomic E-state index is -0.420. The Morgan fingerprint density at radius 1 is 1.67 bits per heavy atom. The Hall–Kier alpha value is -1.47. The molecule has 2 rings (SSSR count). The topological polar surface area (TPSA) is 92.3 Å². The molecule has 0 bridgehead atoms. The smallest absolute Gasteiger partial charge is 0.223 e. The van der Waals surface area contributed by atoms with Gasteiger partial charge in [-0.05, 0) is 12.8 Å². The summed E-state index contributed by atoms with van der Waals surface area (Å²) in [6.45, 7) is 1.81. The fraction of sp³-hybridized carbons (Fsp3) is 0.727. The third kappa shape index (κ3) is 3.05. The number of nitrogens with two attached hydrogens (primary N) is 1. The van der Waals surface area contributed by atoms with E-state index in [0.717, 1.165) is 25.1 Å². The van der Waals surface area contributed by atoms with Crippen molar-refractivity contribution in [3.63, 3.8) is 0 Å². The normalized spacial score (nSPS) is 19.3. The Balaban J connectivity index is 2.12. The van der Waals surface area contributed by atoms with Crippen molar-refractivity contribution in [2.75, 3.05) is 13.7 Å². The van der Waals surface area contributed by atoms with Gasteiger partial charge in [0.25, 0.3) is 0 Å². The summed E-state index contributed by atoms with van der Waals surface area (Å²) in [6, 6.07) is 0. The molecule has 100 valence electrons. The molecule has 1 aromatic rings. The maximum atomic E-state index is 11.0. The van der Waals surface area contributed by atoms with Crippen molar-refractivity contribution >= 4 is 5.91 Å². The molecule has 1 aromatic heterocycles. The highest BCUT2D eigenvalue weighted by atomic mass is 16.5. The average molecular weight is 254 g/mol. The van der Waals surface area contributed by atoms with Crippen LogP contribution in [0.2, 0.25) is 0 Å². The van der Waals surface area contributed by atoms with Crippen LogP contribution in [0.3, 0.4) is 0 Å². The van der Waals surface area contributed by atoms with Gasteiger partial charge in [0.1, 0.15) is 0 Å². The molecule has 7 nitrogen and oxygen atoms in total. The highest BCUT2D eigenvalue weighted by molar-refractivity contribution is 5.76. The highest BCUT2D eigenvalue weighted by Gasteiger charge is 2.20. The fourth-order valence-electron chi connectivity index (χ4n) is 2.09. The van der Waals surface area contributed by atoms with Crippen molar-refractivity contribution in [3.8, 4) is 0 Å². The summed E-state index contributed by atoms with van der Waals surface area (Å²) in [5, 5.41) is 8.04. The third-order valence-electron chi connectivity index (χ3n) is 2.94. The molecule has 0 spiro atoms. The molecular formula is C11H18N4O3. The second-order valence-corrected chi connectivity index (χ2v) is 4.38. The van der Waals surface area contributed by atoms with Crippen LogP contribution in [0.1, 0.15) is 24.2 Å². The van der Waals surface area contributed by atoms with Gasteiger partial charge in [0, 0.05) is 13.7 Å². The molecule has 2 heterocycles. The molecule has 1 aliphatic rings. The Kier molecular flexibility index (Phi) is 4.27. The lowest BCUT2D eigenvalue weighted by molar-refractivity contribution is -0.117. The molecule has 7 heteroatoms. The molecule has 1 fully saturated rings. The summed E-state index contributed by atoms with van der Waals surface area (Å²) in [7, 11) is 1.59. The monoisotopic (exact) mass is 254 g/mol. The first-order valence-electron chi connectivity index (χ1n) is 6.00. The number of nitrogens with zero attached hydrogens (tertiary/aromatic N) is 3. The van der Waals surface area contributed by atoms with E-state index in [-0.39, 0.29) is 12.5 Å². The van der Waals surface area contributed by atoms with Crippen LogP contribution in [-0.2, 0) is 33.8 Å². The minimum absolute atomic E-state index is 0.0875. The maximum absolute atomic E-state index is 11.0. The predicted octanol–water partition coefficient (Wildman–Crippen LogP) is -0.369. The Morgan fingerprint density at radius 3 is 3.11 bits per heavy atom. The van der Waals surface area contributed by atoms with Crippen LogP contribution in [-0.4, -0.2) is 40.7 Å². The lowest BCUT2D eigenvalue weighted by atomic mass is 10.2. The van der Waals surface area contributed by atoms with Crippen LogP contribution in [0.25, 0.3) is 0 Å². The number of carbonyl (C=O) groups excluding carboxylic acids is 1. The molecule has 0 saturated carbocycles. The van der Waals surface area contributed by atoms with Crippen LogP contribution in [0, 0.1) is 0 Å². The number of hydrogen-bond acceptors (Lipinski definition) is 5. The molecule has 1 amide bonds. The summed E-state index contributed by atoms with van der Waals surface area (Å²) in [6.07, 6.45) is 2.36. The summed E-state index contributed by atoms with van der Waals surface area (Å²) >= 11 is 0. The van der Waals surface area contributed by atoms with Crippen LogP contribution in [0.15, 0.2) is 0 Å². The number of hydrogen-bond donors (Lipinski definition) is 1. The van der Waals surface area contributed by atoms with Crippen molar-refractivity contribution in [2.45, 2.75) is 38.5 Å². The zero-order valence-corrected chi connectivity index (χ0v) is 10.5. The number of methoxy groups -OCH3 is 1. The molecule has 1 aliphatic heterocycles. The van der Waals surface area contributed by atoms with Gasteiger partial charge in [0.05, 0.1) is 37.1 Å². The number of primary amides is 1. The number of carbonyl (C=O) groups is 1. The van der Waals surface area contributed by atoms with E-state index in [0.29, 0.717) is 18.8 Å². The summed E-state index contributed by atoms with van der Waals surface area (Å²) in [5.74, 6) is -0.420. The molecule has 1 atom stereocenters. The number of aromatic nitrogens is 3. The van der Waals surface area contributed by atoms with Crippen LogP contribution in [0.5, 0.6) is 0 Å². The van der Waals surface area contributed by atoms with Crippen molar-refractivity contribution in [1.82, 2.24) is 15.0 Å². The van der Waals surface area contributed by atoms with E-state index in [1.807, 2.05) is 0 Å². The third-order valence-corrected chi connectivity index (χ3v) is 2.94. The molecule has 0 aromatic carbocycles. The first kappa shape index (κ1) is 13.0. The zero-order valence-electron chi connectivity index (χ0n) is 10.5. The molecule has 18 heavy (non-hydrogen) atoms. The number of rotatable bonds is 6. The number of ether oxygens (including phenoxy) is 2. The summed E-state index contributed by atoms with van der Waals surface area (Å²) in [4.78, 5) is 11.0. The minimum Gasteiger partial charge on any atom is -0.378 e. The van der Waals surface area contributed by atoms with Gasteiger partial charge < -0.3 is 15.2 Å².